The van der Waals surface area contributed by atoms with Crippen LogP contribution in [-0.4, -0.2) is 29.3 Å². The maximum absolute atomic E-state index is 11.6. The number of carboxylic acids is 1. The molecule has 0 aliphatic heterocycles. The molecule has 19 heavy (non-hydrogen) atoms. The maximum atomic E-state index is 11.6. The smallest absolute Gasteiger partial charge is 0.407 e. The van der Waals surface area contributed by atoms with Crippen LogP contribution in [0.4, 0.5) is 4.79 Å². The third-order valence-electron chi connectivity index (χ3n) is 2.90. The van der Waals surface area contributed by atoms with Gasteiger partial charge in [0.1, 0.15) is 5.60 Å². The molecule has 112 valence electrons. The number of carboxylic acid groups (broad SMARTS) is 1. The van der Waals surface area contributed by atoms with Gasteiger partial charge in [-0.1, -0.05) is 20.8 Å². The van der Waals surface area contributed by atoms with E-state index in [-0.39, 0.29) is 12.5 Å². The van der Waals surface area contributed by atoms with E-state index in [1.54, 1.807) is 20.8 Å². The van der Waals surface area contributed by atoms with Crippen molar-refractivity contribution >= 4 is 12.1 Å². The summed E-state index contributed by atoms with van der Waals surface area (Å²) in [6.07, 6.45) is 0.417. The summed E-state index contributed by atoms with van der Waals surface area (Å²) in [6.45, 7) is 11.2. The van der Waals surface area contributed by atoms with Gasteiger partial charge in [0.15, 0.2) is 0 Å². The predicted molar refractivity (Wildman–Crippen MR) is 74.1 cm³/mol. The van der Waals surface area contributed by atoms with Gasteiger partial charge in [-0.25, -0.2) is 4.79 Å². The number of aliphatic carboxylic acids is 1. The molecule has 0 aliphatic rings. The Morgan fingerprint density at radius 3 is 2.11 bits per heavy atom. The van der Waals surface area contributed by atoms with E-state index < -0.39 is 23.1 Å². The van der Waals surface area contributed by atoms with Gasteiger partial charge in [-0.15, -0.1) is 0 Å². The highest BCUT2D eigenvalue weighted by Gasteiger charge is 2.38. The molecule has 1 amide bonds. The molecular formula is C14H27NO4. The van der Waals surface area contributed by atoms with E-state index in [4.69, 9.17) is 4.74 Å². The number of hydrogen-bond donors (Lipinski definition) is 2. The number of amides is 1. The Morgan fingerprint density at radius 2 is 1.79 bits per heavy atom. The van der Waals surface area contributed by atoms with Crippen LogP contribution in [0.25, 0.3) is 0 Å². The van der Waals surface area contributed by atoms with Crippen LogP contribution in [0, 0.1) is 11.3 Å². The lowest BCUT2D eigenvalue weighted by molar-refractivity contribution is -0.150. The normalized spacial score (nSPS) is 14.9. The molecule has 0 rings (SSSR count). The summed E-state index contributed by atoms with van der Waals surface area (Å²) in [4.78, 5) is 23.1. The first-order valence-electron chi connectivity index (χ1n) is 6.72. The van der Waals surface area contributed by atoms with E-state index in [9.17, 15) is 14.7 Å². The van der Waals surface area contributed by atoms with Crippen molar-refractivity contribution in [1.82, 2.24) is 5.32 Å². The van der Waals surface area contributed by atoms with Crippen molar-refractivity contribution in [1.29, 1.82) is 0 Å². The van der Waals surface area contributed by atoms with Crippen LogP contribution in [0.15, 0.2) is 0 Å². The van der Waals surface area contributed by atoms with Crippen LogP contribution >= 0.6 is 0 Å². The molecule has 5 nitrogen and oxygen atoms in total. The Morgan fingerprint density at radius 1 is 1.26 bits per heavy atom. The lowest BCUT2D eigenvalue weighted by Gasteiger charge is -2.30. The number of hydrogen-bond acceptors (Lipinski definition) is 3. The molecule has 1 unspecified atom stereocenters. The highest BCUT2D eigenvalue weighted by Crippen LogP contribution is 2.30. The van der Waals surface area contributed by atoms with Crippen molar-refractivity contribution in [3.8, 4) is 0 Å². The van der Waals surface area contributed by atoms with E-state index in [1.807, 2.05) is 20.8 Å². The second kappa shape index (κ2) is 6.78. The number of carbonyl (C=O) groups excluding carboxylic acids is 1. The number of rotatable bonds is 6. The summed E-state index contributed by atoms with van der Waals surface area (Å²) >= 11 is 0. The SMILES string of the molecule is CCC(CNC(=O)OC(C)(C)C)(CC(C)C)C(=O)O. The minimum atomic E-state index is -0.926. The molecule has 0 aromatic heterocycles. The number of nitrogens with one attached hydrogen (secondary N) is 1. The summed E-state index contributed by atoms with van der Waals surface area (Å²) in [5.41, 5.74) is -1.51. The lowest BCUT2D eigenvalue weighted by Crippen LogP contribution is -2.45. The molecule has 0 aromatic rings. The molecule has 5 heteroatoms. The lowest BCUT2D eigenvalue weighted by atomic mass is 9.78. The molecule has 0 aliphatic carbocycles. The van der Waals surface area contributed by atoms with Gasteiger partial charge in [0, 0.05) is 6.54 Å². The van der Waals surface area contributed by atoms with E-state index >= 15 is 0 Å². The van der Waals surface area contributed by atoms with Crippen LogP contribution in [-0.2, 0) is 9.53 Å². The van der Waals surface area contributed by atoms with Crippen molar-refractivity contribution in [2.24, 2.45) is 11.3 Å². The number of carbonyl (C=O) groups is 2. The van der Waals surface area contributed by atoms with E-state index in [2.05, 4.69) is 5.32 Å². The van der Waals surface area contributed by atoms with Crippen molar-refractivity contribution in [2.45, 2.75) is 60.0 Å². The van der Waals surface area contributed by atoms with Gasteiger partial charge >= 0.3 is 12.1 Å². The summed E-state index contributed by atoms with van der Waals surface area (Å²) in [5.74, 6) is -0.628. The minimum absolute atomic E-state index is 0.0892. The second-order valence-electron chi connectivity index (χ2n) is 6.39. The van der Waals surface area contributed by atoms with Crippen LogP contribution in [0.3, 0.4) is 0 Å². The van der Waals surface area contributed by atoms with Gasteiger partial charge in [-0.05, 0) is 39.5 Å². The zero-order chi connectivity index (χ0) is 15.3. The average Bonchev–Trinajstić information content (AvgIpc) is 2.20. The van der Waals surface area contributed by atoms with Gasteiger partial charge in [0.2, 0.25) is 0 Å². The van der Waals surface area contributed by atoms with Gasteiger partial charge < -0.3 is 15.2 Å². The quantitative estimate of drug-likeness (QED) is 0.780. The molecule has 0 spiro atoms. The Labute approximate surface area is 115 Å². The topological polar surface area (TPSA) is 75.6 Å². The van der Waals surface area contributed by atoms with Gasteiger partial charge in [-0.2, -0.15) is 0 Å². The Kier molecular flexibility index (Phi) is 6.33. The van der Waals surface area contributed by atoms with Gasteiger partial charge in [0.25, 0.3) is 0 Å². The predicted octanol–water partition coefficient (Wildman–Crippen LogP) is 3.04. The molecule has 0 radical (unpaired) electrons. The first-order chi connectivity index (χ1) is 8.52. The van der Waals surface area contributed by atoms with Crippen molar-refractivity contribution in [3.05, 3.63) is 0 Å². The highest BCUT2D eigenvalue weighted by molar-refractivity contribution is 5.76. The largest absolute Gasteiger partial charge is 0.481 e. The van der Waals surface area contributed by atoms with Crippen molar-refractivity contribution in [3.63, 3.8) is 0 Å². The molecule has 0 saturated heterocycles. The average molecular weight is 273 g/mol. The Bertz CT molecular complexity index is 320. The molecule has 1 atom stereocenters. The van der Waals surface area contributed by atoms with E-state index in [0.717, 1.165) is 0 Å². The van der Waals surface area contributed by atoms with Crippen LogP contribution < -0.4 is 5.32 Å². The molecule has 2 N–H and O–H groups in total. The molecule has 0 saturated carbocycles. The highest BCUT2D eigenvalue weighted by atomic mass is 16.6. The molecule has 0 heterocycles. The molecule has 0 aromatic carbocycles. The summed E-state index contributed by atoms with van der Waals surface area (Å²) in [7, 11) is 0. The maximum Gasteiger partial charge on any atom is 0.407 e. The summed E-state index contributed by atoms with van der Waals surface area (Å²) in [5, 5.41) is 12.0. The molecular weight excluding hydrogens is 246 g/mol. The Hall–Kier alpha value is -1.26. The first kappa shape index (κ1) is 17.7. The van der Waals surface area contributed by atoms with Gasteiger partial charge in [0.05, 0.1) is 5.41 Å². The van der Waals surface area contributed by atoms with Gasteiger partial charge in [-0.3, -0.25) is 4.79 Å². The number of ether oxygens (including phenoxy) is 1. The molecule has 0 fully saturated rings. The third-order valence-corrected chi connectivity index (χ3v) is 2.90. The first-order valence-corrected chi connectivity index (χ1v) is 6.72. The zero-order valence-electron chi connectivity index (χ0n) is 12.9. The van der Waals surface area contributed by atoms with Crippen molar-refractivity contribution in [2.75, 3.05) is 6.54 Å². The fraction of sp³-hybridized carbons (Fsp3) is 0.857. The van der Waals surface area contributed by atoms with E-state index in [0.29, 0.717) is 12.8 Å². The number of alkyl carbamates (subject to hydrolysis) is 1. The monoisotopic (exact) mass is 273 g/mol. The van der Waals surface area contributed by atoms with Crippen LogP contribution in [0.2, 0.25) is 0 Å². The Balaban J connectivity index is 4.67. The molecule has 0 bridgehead atoms. The van der Waals surface area contributed by atoms with Crippen LogP contribution in [0.1, 0.15) is 54.4 Å². The standard InChI is InChI=1S/C14H27NO4/c1-7-14(11(16)17,8-10(2)3)9-15-12(18)19-13(4,5)6/h10H,7-9H2,1-6H3,(H,15,18)(H,16,17). The van der Waals surface area contributed by atoms with E-state index in [1.165, 1.54) is 0 Å². The summed E-state index contributed by atoms with van der Waals surface area (Å²) in [6, 6.07) is 0. The third kappa shape index (κ3) is 6.45. The summed E-state index contributed by atoms with van der Waals surface area (Å²) < 4.78 is 5.12. The minimum Gasteiger partial charge on any atom is -0.481 e. The van der Waals surface area contributed by atoms with Crippen molar-refractivity contribution < 1.29 is 19.4 Å². The second-order valence-corrected chi connectivity index (χ2v) is 6.39. The fourth-order valence-corrected chi connectivity index (χ4v) is 1.99. The fourth-order valence-electron chi connectivity index (χ4n) is 1.99. The zero-order valence-corrected chi connectivity index (χ0v) is 12.9. The van der Waals surface area contributed by atoms with Crippen LogP contribution in [0.5, 0.6) is 0 Å².